The van der Waals surface area contributed by atoms with E-state index in [4.69, 9.17) is 0 Å². The molecule has 1 aliphatic heterocycles. The Balaban J connectivity index is 1.68. The summed E-state index contributed by atoms with van der Waals surface area (Å²) in [6, 6.07) is 14.6. The van der Waals surface area contributed by atoms with Crippen molar-refractivity contribution < 1.29 is 9.59 Å². The smallest absolute Gasteiger partial charge is 0.247 e. The van der Waals surface area contributed by atoms with Crippen molar-refractivity contribution in [2.45, 2.75) is 25.8 Å². The Labute approximate surface area is 135 Å². The van der Waals surface area contributed by atoms with E-state index in [2.05, 4.69) is 16.0 Å². The van der Waals surface area contributed by atoms with E-state index >= 15 is 0 Å². The summed E-state index contributed by atoms with van der Waals surface area (Å²) in [5.74, 6) is -0.374. The standard InChI is InChI=1S/C18H19N3O2/c1-2-12-7-3-4-8-13(12)20-17(22)11-16-18(23)21-15-10-6-5-9-14(15)19-16/h3-10,16,19H,2,11H2,1H3,(H,20,22)(H,21,23)/t16-/m0/s1. The minimum absolute atomic E-state index is 0.0816. The number of hydrogen-bond donors (Lipinski definition) is 3. The SMILES string of the molecule is CCc1ccccc1NC(=O)C[C@@H]1Nc2ccccc2NC1=O. The number of aryl methyl sites for hydroxylation is 1. The second kappa shape index (κ2) is 6.52. The zero-order valence-electron chi connectivity index (χ0n) is 12.9. The maximum Gasteiger partial charge on any atom is 0.247 e. The summed E-state index contributed by atoms with van der Waals surface area (Å²) in [5, 5.41) is 8.83. The van der Waals surface area contributed by atoms with E-state index in [1.54, 1.807) is 0 Å². The van der Waals surface area contributed by atoms with Gasteiger partial charge >= 0.3 is 0 Å². The monoisotopic (exact) mass is 309 g/mol. The number of amides is 2. The summed E-state index contributed by atoms with van der Waals surface area (Å²) < 4.78 is 0. The van der Waals surface area contributed by atoms with Gasteiger partial charge in [-0.25, -0.2) is 0 Å². The van der Waals surface area contributed by atoms with Crippen LogP contribution < -0.4 is 16.0 Å². The molecule has 0 aromatic heterocycles. The third-order valence-electron chi connectivity index (χ3n) is 3.89. The number of carbonyl (C=O) groups excluding carboxylic acids is 2. The van der Waals surface area contributed by atoms with Gasteiger partial charge in [-0.1, -0.05) is 37.3 Å². The van der Waals surface area contributed by atoms with Crippen molar-refractivity contribution in [3.8, 4) is 0 Å². The topological polar surface area (TPSA) is 70.2 Å². The minimum Gasteiger partial charge on any atom is -0.372 e. The molecule has 0 unspecified atom stereocenters. The van der Waals surface area contributed by atoms with Crippen molar-refractivity contribution in [3.63, 3.8) is 0 Å². The Morgan fingerprint density at radius 3 is 2.57 bits per heavy atom. The molecule has 23 heavy (non-hydrogen) atoms. The quantitative estimate of drug-likeness (QED) is 0.813. The first-order valence-corrected chi connectivity index (χ1v) is 7.71. The highest BCUT2D eigenvalue weighted by atomic mass is 16.2. The summed E-state index contributed by atoms with van der Waals surface area (Å²) >= 11 is 0. The predicted octanol–water partition coefficient (Wildman–Crippen LogP) is 3.01. The molecule has 118 valence electrons. The minimum atomic E-state index is -0.571. The highest BCUT2D eigenvalue weighted by Crippen LogP contribution is 2.27. The van der Waals surface area contributed by atoms with Gasteiger partial charge in [-0.15, -0.1) is 0 Å². The van der Waals surface area contributed by atoms with E-state index in [1.807, 2.05) is 55.5 Å². The molecular formula is C18H19N3O2. The summed E-state index contributed by atoms with van der Waals surface area (Å²) in [6.45, 7) is 2.04. The highest BCUT2D eigenvalue weighted by molar-refractivity contribution is 6.06. The van der Waals surface area contributed by atoms with E-state index < -0.39 is 6.04 Å². The van der Waals surface area contributed by atoms with E-state index in [0.29, 0.717) is 0 Å². The molecule has 0 aliphatic carbocycles. The van der Waals surface area contributed by atoms with Crippen LogP contribution in [-0.2, 0) is 16.0 Å². The first kappa shape index (κ1) is 15.1. The first-order valence-electron chi connectivity index (χ1n) is 7.71. The van der Waals surface area contributed by atoms with Crippen LogP contribution in [0.25, 0.3) is 0 Å². The Morgan fingerprint density at radius 1 is 1.09 bits per heavy atom. The summed E-state index contributed by atoms with van der Waals surface area (Å²) in [4.78, 5) is 24.4. The van der Waals surface area contributed by atoms with E-state index in [1.165, 1.54) is 0 Å². The largest absolute Gasteiger partial charge is 0.372 e. The number of carbonyl (C=O) groups is 2. The van der Waals surface area contributed by atoms with Crippen LogP contribution in [0.2, 0.25) is 0 Å². The highest BCUT2D eigenvalue weighted by Gasteiger charge is 2.27. The van der Waals surface area contributed by atoms with Gasteiger partial charge in [0.25, 0.3) is 0 Å². The van der Waals surface area contributed by atoms with Crippen LogP contribution in [0.3, 0.4) is 0 Å². The van der Waals surface area contributed by atoms with E-state index in [9.17, 15) is 9.59 Å². The maximum absolute atomic E-state index is 12.3. The van der Waals surface area contributed by atoms with Crippen LogP contribution in [-0.4, -0.2) is 17.9 Å². The Kier molecular flexibility index (Phi) is 4.28. The molecule has 2 aromatic carbocycles. The molecule has 0 spiro atoms. The van der Waals surface area contributed by atoms with Gasteiger partial charge in [-0.2, -0.15) is 0 Å². The molecule has 1 atom stereocenters. The average molecular weight is 309 g/mol. The van der Waals surface area contributed by atoms with Crippen LogP contribution >= 0.6 is 0 Å². The first-order chi connectivity index (χ1) is 11.2. The van der Waals surface area contributed by atoms with Gasteiger partial charge in [-0.05, 0) is 30.2 Å². The molecule has 2 amide bonds. The number of hydrogen-bond acceptors (Lipinski definition) is 3. The molecular weight excluding hydrogens is 290 g/mol. The fourth-order valence-electron chi connectivity index (χ4n) is 2.67. The molecule has 1 heterocycles. The van der Waals surface area contributed by atoms with Crippen LogP contribution in [0.4, 0.5) is 17.1 Å². The summed E-state index contributed by atoms with van der Waals surface area (Å²) in [5.41, 5.74) is 3.45. The Morgan fingerprint density at radius 2 is 1.78 bits per heavy atom. The predicted molar refractivity (Wildman–Crippen MR) is 91.5 cm³/mol. The average Bonchev–Trinajstić information content (AvgIpc) is 2.56. The van der Waals surface area contributed by atoms with Crippen molar-refractivity contribution in [2.24, 2.45) is 0 Å². The van der Waals surface area contributed by atoms with Gasteiger partial charge in [0.2, 0.25) is 11.8 Å². The van der Waals surface area contributed by atoms with E-state index in [0.717, 1.165) is 29.0 Å². The molecule has 0 saturated carbocycles. The third-order valence-corrected chi connectivity index (χ3v) is 3.89. The van der Waals surface area contributed by atoms with E-state index in [-0.39, 0.29) is 18.2 Å². The molecule has 5 nitrogen and oxygen atoms in total. The molecule has 0 bridgehead atoms. The van der Waals surface area contributed by atoms with Crippen LogP contribution in [0, 0.1) is 0 Å². The molecule has 0 saturated heterocycles. The van der Waals surface area contributed by atoms with Gasteiger partial charge in [0.1, 0.15) is 6.04 Å². The molecule has 3 N–H and O–H groups in total. The van der Waals surface area contributed by atoms with Gasteiger partial charge in [-0.3, -0.25) is 9.59 Å². The molecule has 0 radical (unpaired) electrons. The van der Waals surface area contributed by atoms with Crippen LogP contribution in [0.15, 0.2) is 48.5 Å². The number of anilines is 3. The zero-order chi connectivity index (χ0) is 16.2. The van der Waals surface area contributed by atoms with Crippen molar-refractivity contribution in [3.05, 3.63) is 54.1 Å². The second-order valence-electron chi connectivity index (χ2n) is 5.49. The Hall–Kier alpha value is -2.82. The number of para-hydroxylation sites is 3. The molecule has 2 aromatic rings. The summed E-state index contributed by atoms with van der Waals surface area (Å²) in [6.07, 6.45) is 0.921. The Bertz CT molecular complexity index is 743. The number of benzene rings is 2. The lowest BCUT2D eigenvalue weighted by atomic mass is 10.1. The van der Waals surface area contributed by atoms with Crippen molar-refractivity contribution in [1.29, 1.82) is 0 Å². The maximum atomic E-state index is 12.3. The van der Waals surface area contributed by atoms with Crippen molar-refractivity contribution in [1.82, 2.24) is 0 Å². The second-order valence-corrected chi connectivity index (χ2v) is 5.49. The number of nitrogens with one attached hydrogen (secondary N) is 3. The fraction of sp³-hybridized carbons (Fsp3) is 0.222. The van der Waals surface area contributed by atoms with Gasteiger partial charge in [0.05, 0.1) is 17.8 Å². The lowest BCUT2D eigenvalue weighted by Gasteiger charge is -2.26. The third kappa shape index (κ3) is 3.34. The van der Waals surface area contributed by atoms with Gasteiger partial charge in [0, 0.05) is 5.69 Å². The van der Waals surface area contributed by atoms with Crippen LogP contribution in [0.5, 0.6) is 0 Å². The zero-order valence-corrected chi connectivity index (χ0v) is 12.9. The van der Waals surface area contributed by atoms with Gasteiger partial charge in [0.15, 0.2) is 0 Å². The van der Waals surface area contributed by atoms with Crippen molar-refractivity contribution >= 4 is 28.9 Å². The summed E-state index contributed by atoms with van der Waals surface area (Å²) in [7, 11) is 0. The molecule has 1 aliphatic rings. The molecule has 0 fully saturated rings. The molecule has 3 rings (SSSR count). The van der Waals surface area contributed by atoms with Crippen molar-refractivity contribution in [2.75, 3.05) is 16.0 Å². The lowest BCUT2D eigenvalue weighted by Crippen LogP contribution is -2.41. The van der Waals surface area contributed by atoms with Gasteiger partial charge < -0.3 is 16.0 Å². The normalized spacial score (nSPS) is 16.0. The molecule has 5 heteroatoms. The number of rotatable bonds is 4. The fourth-order valence-corrected chi connectivity index (χ4v) is 2.67. The van der Waals surface area contributed by atoms with Crippen LogP contribution in [0.1, 0.15) is 18.9 Å². The lowest BCUT2D eigenvalue weighted by molar-refractivity contribution is -0.122. The number of fused-ring (bicyclic) bond motifs is 1.